The summed E-state index contributed by atoms with van der Waals surface area (Å²) in [4.78, 5) is 0.957. The maximum atomic E-state index is 9.62. The van der Waals surface area contributed by atoms with Crippen LogP contribution in [0.2, 0.25) is 0 Å². The van der Waals surface area contributed by atoms with Crippen LogP contribution in [0.1, 0.15) is 17.4 Å². The van der Waals surface area contributed by atoms with Crippen molar-refractivity contribution in [1.82, 2.24) is 0 Å². The topological polar surface area (TPSA) is 40.5 Å². The van der Waals surface area contributed by atoms with Gasteiger partial charge in [-0.1, -0.05) is 18.2 Å². The summed E-state index contributed by atoms with van der Waals surface area (Å²) in [6.07, 6.45) is 0. The van der Waals surface area contributed by atoms with Gasteiger partial charge in [-0.15, -0.1) is 11.3 Å². The van der Waals surface area contributed by atoms with Gasteiger partial charge in [-0.2, -0.15) is 0 Å². The van der Waals surface area contributed by atoms with Gasteiger partial charge in [0, 0.05) is 20.5 Å². The van der Waals surface area contributed by atoms with Crippen LogP contribution in [-0.2, 0) is 5.79 Å². The highest BCUT2D eigenvalue weighted by atomic mass is 32.1. The van der Waals surface area contributed by atoms with Crippen molar-refractivity contribution in [2.24, 2.45) is 0 Å². The zero-order valence-corrected chi connectivity index (χ0v) is 8.93. The third-order valence-electron chi connectivity index (χ3n) is 2.25. The first kappa shape index (κ1) is 9.65. The zero-order valence-electron chi connectivity index (χ0n) is 8.11. The van der Waals surface area contributed by atoms with Crippen LogP contribution in [0.25, 0.3) is 10.1 Å². The molecule has 0 aliphatic carbocycles. The first-order valence-electron chi connectivity index (χ1n) is 4.43. The van der Waals surface area contributed by atoms with Crippen LogP contribution >= 0.6 is 11.3 Å². The smallest absolute Gasteiger partial charge is 0.188 e. The monoisotopic (exact) mass is 208 g/mol. The molecule has 14 heavy (non-hydrogen) atoms. The van der Waals surface area contributed by atoms with Crippen molar-refractivity contribution in [2.75, 3.05) is 0 Å². The summed E-state index contributed by atoms with van der Waals surface area (Å²) >= 11 is 1.59. The zero-order chi connectivity index (χ0) is 10.3. The molecule has 2 aromatic rings. The highest BCUT2D eigenvalue weighted by Gasteiger charge is 2.25. The lowest BCUT2D eigenvalue weighted by Crippen LogP contribution is -2.20. The van der Waals surface area contributed by atoms with Gasteiger partial charge in [-0.3, -0.25) is 0 Å². The Balaban J connectivity index is 2.81. The maximum Gasteiger partial charge on any atom is 0.188 e. The fourth-order valence-electron chi connectivity index (χ4n) is 1.76. The molecule has 0 aliphatic rings. The molecule has 0 bridgehead atoms. The molecule has 1 heterocycles. The molecular weight excluding hydrogens is 196 g/mol. The van der Waals surface area contributed by atoms with Crippen LogP contribution in [0.15, 0.2) is 24.3 Å². The SMILES string of the molecule is Cc1sc2ccccc2c1C(C)(O)O. The van der Waals surface area contributed by atoms with Crippen LogP contribution in [-0.4, -0.2) is 10.2 Å². The summed E-state index contributed by atoms with van der Waals surface area (Å²) in [6, 6.07) is 7.76. The normalized spacial score (nSPS) is 12.3. The van der Waals surface area contributed by atoms with Crippen molar-refractivity contribution in [3.8, 4) is 0 Å². The number of aliphatic hydroxyl groups is 2. The Kier molecular flexibility index (Phi) is 2.10. The molecule has 0 spiro atoms. The Hall–Kier alpha value is -0.900. The lowest BCUT2D eigenvalue weighted by Gasteiger charge is -2.16. The van der Waals surface area contributed by atoms with E-state index in [1.54, 1.807) is 11.3 Å². The molecular formula is C11H12O2S. The molecule has 0 amide bonds. The molecule has 2 N–H and O–H groups in total. The van der Waals surface area contributed by atoms with Crippen LogP contribution in [0.3, 0.4) is 0 Å². The fraction of sp³-hybridized carbons (Fsp3) is 0.273. The first-order chi connectivity index (χ1) is 6.50. The number of aryl methyl sites for hydroxylation is 1. The van der Waals surface area contributed by atoms with E-state index in [-0.39, 0.29) is 0 Å². The standard InChI is InChI=1S/C11H12O2S/c1-7-10(11(2,12)13)8-5-3-4-6-9(8)14-7/h3-6,12-13H,1-2H3. The summed E-state index contributed by atoms with van der Waals surface area (Å²) < 4.78 is 1.09. The second-order valence-corrected chi connectivity index (χ2v) is 4.81. The van der Waals surface area contributed by atoms with Gasteiger partial charge in [0.1, 0.15) is 0 Å². The van der Waals surface area contributed by atoms with Crippen LogP contribution in [0, 0.1) is 6.92 Å². The molecule has 1 aromatic carbocycles. The van der Waals surface area contributed by atoms with E-state index in [2.05, 4.69) is 0 Å². The molecule has 0 saturated carbocycles. The molecule has 0 radical (unpaired) electrons. The predicted molar refractivity (Wildman–Crippen MR) is 58.4 cm³/mol. The fourth-order valence-corrected chi connectivity index (χ4v) is 2.92. The molecule has 0 saturated heterocycles. The lowest BCUT2D eigenvalue weighted by molar-refractivity contribution is -0.151. The van der Waals surface area contributed by atoms with Crippen molar-refractivity contribution in [2.45, 2.75) is 19.6 Å². The highest BCUT2D eigenvalue weighted by molar-refractivity contribution is 7.19. The van der Waals surface area contributed by atoms with E-state index in [0.717, 1.165) is 15.0 Å². The lowest BCUT2D eigenvalue weighted by atomic mass is 10.0. The number of benzene rings is 1. The number of thiophene rings is 1. The molecule has 0 unspecified atom stereocenters. The quantitative estimate of drug-likeness (QED) is 0.706. The van der Waals surface area contributed by atoms with Gasteiger partial charge in [0.2, 0.25) is 0 Å². The molecule has 0 atom stereocenters. The van der Waals surface area contributed by atoms with Gasteiger partial charge in [0.25, 0.3) is 0 Å². The third-order valence-corrected chi connectivity index (χ3v) is 3.33. The van der Waals surface area contributed by atoms with Crippen LogP contribution in [0.4, 0.5) is 0 Å². The number of hydrogen-bond donors (Lipinski definition) is 2. The average Bonchev–Trinajstić information content (AvgIpc) is 2.38. The molecule has 74 valence electrons. The number of fused-ring (bicyclic) bond motifs is 1. The molecule has 2 nitrogen and oxygen atoms in total. The van der Waals surface area contributed by atoms with E-state index >= 15 is 0 Å². The number of rotatable bonds is 1. The van der Waals surface area contributed by atoms with Gasteiger partial charge >= 0.3 is 0 Å². The number of hydrogen-bond acceptors (Lipinski definition) is 3. The molecule has 0 fully saturated rings. The van der Waals surface area contributed by atoms with Gasteiger partial charge in [0.15, 0.2) is 5.79 Å². The Labute approximate surface area is 86.4 Å². The summed E-state index contributed by atoms with van der Waals surface area (Å²) in [5.74, 6) is -1.75. The van der Waals surface area contributed by atoms with E-state index in [1.807, 2.05) is 31.2 Å². The second kappa shape index (κ2) is 3.05. The molecule has 3 heteroatoms. The average molecular weight is 208 g/mol. The second-order valence-electron chi connectivity index (χ2n) is 3.55. The van der Waals surface area contributed by atoms with Gasteiger partial charge in [0.05, 0.1) is 0 Å². The molecule has 2 rings (SSSR count). The van der Waals surface area contributed by atoms with E-state index in [0.29, 0.717) is 5.56 Å². The van der Waals surface area contributed by atoms with Crippen molar-refractivity contribution in [1.29, 1.82) is 0 Å². The minimum Gasteiger partial charge on any atom is -0.362 e. The summed E-state index contributed by atoms with van der Waals surface area (Å²) in [7, 11) is 0. The van der Waals surface area contributed by atoms with Gasteiger partial charge in [-0.05, 0) is 19.9 Å². The van der Waals surface area contributed by atoms with E-state index in [9.17, 15) is 10.2 Å². The third kappa shape index (κ3) is 1.43. The van der Waals surface area contributed by atoms with E-state index < -0.39 is 5.79 Å². The van der Waals surface area contributed by atoms with Crippen molar-refractivity contribution >= 4 is 21.4 Å². The van der Waals surface area contributed by atoms with Crippen molar-refractivity contribution in [3.05, 3.63) is 34.7 Å². The minimum absolute atomic E-state index is 0.623. The maximum absolute atomic E-state index is 9.62. The summed E-state index contributed by atoms with van der Waals surface area (Å²) in [5.41, 5.74) is 0.623. The van der Waals surface area contributed by atoms with Crippen molar-refractivity contribution < 1.29 is 10.2 Å². The first-order valence-corrected chi connectivity index (χ1v) is 5.25. The highest BCUT2D eigenvalue weighted by Crippen LogP contribution is 2.36. The largest absolute Gasteiger partial charge is 0.362 e. The van der Waals surface area contributed by atoms with Crippen LogP contribution < -0.4 is 0 Å². The van der Waals surface area contributed by atoms with Crippen molar-refractivity contribution in [3.63, 3.8) is 0 Å². The summed E-state index contributed by atoms with van der Waals surface area (Å²) in [6.45, 7) is 3.30. The Morgan fingerprint density at radius 2 is 1.86 bits per heavy atom. The Morgan fingerprint density at radius 1 is 1.21 bits per heavy atom. The Bertz CT molecular complexity index is 466. The van der Waals surface area contributed by atoms with Gasteiger partial charge < -0.3 is 10.2 Å². The predicted octanol–water partition coefficient (Wildman–Crippen LogP) is 2.37. The Morgan fingerprint density at radius 3 is 2.50 bits per heavy atom. The van der Waals surface area contributed by atoms with Gasteiger partial charge in [-0.25, -0.2) is 0 Å². The summed E-state index contributed by atoms with van der Waals surface area (Å²) in [5, 5.41) is 20.2. The minimum atomic E-state index is -1.75. The molecule has 1 aromatic heterocycles. The van der Waals surface area contributed by atoms with Crippen LogP contribution in [0.5, 0.6) is 0 Å². The molecule has 0 aliphatic heterocycles. The van der Waals surface area contributed by atoms with E-state index in [1.165, 1.54) is 6.92 Å². The van der Waals surface area contributed by atoms with E-state index in [4.69, 9.17) is 0 Å².